The summed E-state index contributed by atoms with van der Waals surface area (Å²) < 4.78 is 5.47. The highest BCUT2D eigenvalue weighted by Crippen LogP contribution is 2.18. The molecule has 0 saturated heterocycles. The molecule has 0 radical (unpaired) electrons. The second-order valence-electron chi connectivity index (χ2n) is 22.8. The van der Waals surface area contributed by atoms with Crippen LogP contribution in [0.5, 0.6) is 0 Å². The van der Waals surface area contributed by atoms with Gasteiger partial charge in [-0.1, -0.05) is 321 Å². The summed E-state index contributed by atoms with van der Waals surface area (Å²) in [6.45, 7) is 4.98. The van der Waals surface area contributed by atoms with Gasteiger partial charge in [0.15, 0.2) is 0 Å². The minimum Gasteiger partial charge on any atom is -0.466 e. The Bertz CT molecular complexity index is 1080. The number of esters is 1. The van der Waals surface area contributed by atoms with Crippen molar-refractivity contribution < 1.29 is 24.5 Å². The van der Waals surface area contributed by atoms with Crippen molar-refractivity contribution in [3.8, 4) is 0 Å². The molecule has 72 heavy (non-hydrogen) atoms. The summed E-state index contributed by atoms with van der Waals surface area (Å²) in [7, 11) is 0. The maximum absolute atomic E-state index is 12.5. The Labute approximate surface area is 450 Å². The molecule has 2 unspecified atom stereocenters. The van der Waals surface area contributed by atoms with Gasteiger partial charge in [0, 0.05) is 12.8 Å². The van der Waals surface area contributed by atoms with Crippen LogP contribution in [0.1, 0.15) is 373 Å². The number of carbonyl (C=O) groups is 2. The van der Waals surface area contributed by atoms with E-state index in [1.54, 1.807) is 0 Å². The number of nitrogens with one attached hydrogen (secondary N) is 1. The molecule has 0 rings (SSSR count). The molecule has 0 fully saturated rings. The number of aliphatic hydroxyl groups excluding tert-OH is 2. The molecule has 2 atom stereocenters. The summed E-state index contributed by atoms with van der Waals surface area (Å²) in [5, 5.41) is 23.4. The summed E-state index contributed by atoms with van der Waals surface area (Å²) >= 11 is 0. The number of hydrogen-bond acceptors (Lipinski definition) is 5. The van der Waals surface area contributed by atoms with Crippen molar-refractivity contribution in [3.63, 3.8) is 0 Å². The first-order valence-corrected chi connectivity index (χ1v) is 32.9. The average molecular weight is 1020 g/mol. The summed E-state index contributed by atoms with van der Waals surface area (Å²) in [6, 6.07) is -0.546. The number of amides is 1. The van der Waals surface area contributed by atoms with Crippen LogP contribution in [0.15, 0.2) is 12.2 Å². The zero-order valence-corrected chi connectivity index (χ0v) is 48.9. The van der Waals surface area contributed by atoms with E-state index < -0.39 is 12.1 Å². The van der Waals surface area contributed by atoms with Crippen LogP contribution in [-0.4, -0.2) is 47.4 Å². The van der Waals surface area contributed by atoms with Crippen LogP contribution in [0, 0.1) is 0 Å². The first-order valence-electron chi connectivity index (χ1n) is 32.9. The molecule has 428 valence electrons. The largest absolute Gasteiger partial charge is 0.466 e. The fourth-order valence-electron chi connectivity index (χ4n) is 10.5. The monoisotopic (exact) mass is 1020 g/mol. The molecule has 0 saturated carbocycles. The van der Waals surface area contributed by atoms with E-state index in [1.807, 2.05) is 0 Å². The minimum atomic E-state index is -0.668. The molecule has 0 aliphatic rings. The molecular formula is C66H129NO5. The molecule has 0 aliphatic carbocycles. The van der Waals surface area contributed by atoms with Gasteiger partial charge in [-0.3, -0.25) is 9.59 Å². The molecular weight excluding hydrogens is 887 g/mol. The van der Waals surface area contributed by atoms with E-state index in [4.69, 9.17) is 4.74 Å². The highest BCUT2D eigenvalue weighted by molar-refractivity contribution is 5.76. The summed E-state index contributed by atoms with van der Waals surface area (Å²) in [5.74, 6) is -0.0249. The van der Waals surface area contributed by atoms with Crippen molar-refractivity contribution in [1.82, 2.24) is 5.32 Å². The van der Waals surface area contributed by atoms with Gasteiger partial charge in [0.2, 0.25) is 5.91 Å². The molecule has 0 aromatic carbocycles. The molecule has 0 aromatic rings. The number of aliphatic hydroxyl groups is 2. The Morgan fingerprint density at radius 1 is 0.375 bits per heavy atom. The van der Waals surface area contributed by atoms with Crippen LogP contribution < -0.4 is 5.32 Å². The lowest BCUT2D eigenvalue weighted by molar-refractivity contribution is -0.143. The smallest absolute Gasteiger partial charge is 0.305 e. The maximum Gasteiger partial charge on any atom is 0.305 e. The van der Waals surface area contributed by atoms with Crippen molar-refractivity contribution in [2.24, 2.45) is 0 Å². The van der Waals surface area contributed by atoms with Crippen LogP contribution in [0.4, 0.5) is 0 Å². The zero-order valence-electron chi connectivity index (χ0n) is 48.9. The lowest BCUT2D eigenvalue weighted by atomic mass is 10.0. The Kier molecular flexibility index (Phi) is 60.9. The Morgan fingerprint density at radius 3 is 0.986 bits per heavy atom. The highest BCUT2D eigenvalue weighted by atomic mass is 16.5. The lowest BCUT2D eigenvalue weighted by Crippen LogP contribution is -2.45. The number of unbranched alkanes of at least 4 members (excludes halogenated alkanes) is 49. The van der Waals surface area contributed by atoms with Gasteiger partial charge in [-0.05, 0) is 51.4 Å². The molecule has 0 aliphatic heterocycles. The van der Waals surface area contributed by atoms with Crippen molar-refractivity contribution in [2.75, 3.05) is 13.2 Å². The fourth-order valence-corrected chi connectivity index (χ4v) is 10.5. The Balaban J connectivity index is 3.41. The second-order valence-corrected chi connectivity index (χ2v) is 22.8. The SMILES string of the molecule is CCCCCCCCCCCCCCCCCCCCCCCC(O)C(CO)NC(=O)CCCCCCCCC/C=C\CCCCCCCCCCCCCCOC(=O)CCCCCCCCCCCCC. The molecule has 0 bridgehead atoms. The third-order valence-corrected chi connectivity index (χ3v) is 15.6. The molecule has 1 amide bonds. The van der Waals surface area contributed by atoms with Crippen molar-refractivity contribution in [2.45, 2.75) is 386 Å². The first-order chi connectivity index (χ1) is 35.5. The van der Waals surface area contributed by atoms with E-state index in [2.05, 4.69) is 31.3 Å². The van der Waals surface area contributed by atoms with Gasteiger partial charge in [0.1, 0.15) is 0 Å². The molecule has 0 aromatic heterocycles. The molecule has 0 heterocycles. The van der Waals surface area contributed by atoms with Gasteiger partial charge >= 0.3 is 5.97 Å². The van der Waals surface area contributed by atoms with E-state index in [0.717, 1.165) is 38.5 Å². The van der Waals surface area contributed by atoms with Crippen LogP contribution in [0.25, 0.3) is 0 Å². The van der Waals surface area contributed by atoms with Crippen LogP contribution in [0.2, 0.25) is 0 Å². The van der Waals surface area contributed by atoms with E-state index in [-0.39, 0.29) is 18.5 Å². The van der Waals surface area contributed by atoms with Gasteiger partial charge in [-0.25, -0.2) is 0 Å². The Hall–Kier alpha value is -1.40. The lowest BCUT2D eigenvalue weighted by Gasteiger charge is -2.22. The van der Waals surface area contributed by atoms with Gasteiger partial charge in [-0.2, -0.15) is 0 Å². The van der Waals surface area contributed by atoms with Crippen LogP contribution >= 0.6 is 0 Å². The number of allylic oxidation sites excluding steroid dienone is 2. The first kappa shape index (κ1) is 70.6. The normalized spacial score (nSPS) is 12.6. The van der Waals surface area contributed by atoms with E-state index in [9.17, 15) is 19.8 Å². The van der Waals surface area contributed by atoms with Gasteiger partial charge in [-0.15, -0.1) is 0 Å². The molecule has 3 N–H and O–H groups in total. The standard InChI is InChI=1S/C66H129NO5/c1-3-5-7-9-11-13-15-16-17-18-19-23-26-29-32-35-39-42-46-50-54-58-64(69)63(62-68)67-65(70)59-55-51-47-43-40-36-33-30-27-24-21-20-22-25-28-31-34-37-41-45-49-53-57-61-72-66(71)60-56-52-48-44-38-14-12-10-8-6-4-2/h24,27,63-64,68-69H,3-23,25-26,28-62H2,1-2H3,(H,67,70)/b27-24-. The predicted molar refractivity (Wildman–Crippen MR) is 315 cm³/mol. The van der Waals surface area contributed by atoms with Gasteiger partial charge < -0.3 is 20.3 Å². The highest BCUT2D eigenvalue weighted by Gasteiger charge is 2.20. The maximum atomic E-state index is 12.5. The average Bonchev–Trinajstić information content (AvgIpc) is 3.38. The minimum absolute atomic E-state index is 0.0121. The van der Waals surface area contributed by atoms with E-state index in [1.165, 1.54) is 302 Å². The topological polar surface area (TPSA) is 95.9 Å². The summed E-state index contributed by atoms with van der Waals surface area (Å²) in [5.41, 5.74) is 0. The fraction of sp³-hybridized carbons (Fsp3) is 0.939. The van der Waals surface area contributed by atoms with E-state index in [0.29, 0.717) is 25.9 Å². The second kappa shape index (κ2) is 62.1. The third kappa shape index (κ3) is 57.9. The third-order valence-electron chi connectivity index (χ3n) is 15.6. The molecule has 0 spiro atoms. The quantitative estimate of drug-likeness (QED) is 0.0320. The number of rotatable bonds is 62. The van der Waals surface area contributed by atoms with Crippen molar-refractivity contribution in [1.29, 1.82) is 0 Å². The number of ether oxygens (including phenoxy) is 1. The van der Waals surface area contributed by atoms with Crippen molar-refractivity contribution in [3.05, 3.63) is 12.2 Å². The number of carbonyl (C=O) groups excluding carboxylic acids is 2. The predicted octanol–water partition coefficient (Wildman–Crippen LogP) is 20.8. The van der Waals surface area contributed by atoms with Crippen LogP contribution in [0.3, 0.4) is 0 Å². The molecule has 6 heteroatoms. The van der Waals surface area contributed by atoms with Crippen LogP contribution in [-0.2, 0) is 14.3 Å². The number of hydrogen-bond donors (Lipinski definition) is 3. The van der Waals surface area contributed by atoms with Gasteiger partial charge in [0.05, 0.1) is 25.4 Å². The zero-order chi connectivity index (χ0) is 52.2. The molecule has 6 nitrogen and oxygen atoms in total. The summed E-state index contributed by atoms with van der Waals surface area (Å²) in [6.07, 6.45) is 75.2. The Morgan fingerprint density at radius 2 is 0.653 bits per heavy atom. The summed E-state index contributed by atoms with van der Waals surface area (Å²) in [4.78, 5) is 24.5. The van der Waals surface area contributed by atoms with E-state index >= 15 is 0 Å². The van der Waals surface area contributed by atoms with Crippen molar-refractivity contribution >= 4 is 11.9 Å². The van der Waals surface area contributed by atoms with Gasteiger partial charge in [0.25, 0.3) is 0 Å².